The molecule has 1 aliphatic heterocycles. The fourth-order valence-electron chi connectivity index (χ4n) is 3.23. The van der Waals surface area contributed by atoms with E-state index in [9.17, 15) is 4.79 Å². The van der Waals surface area contributed by atoms with Crippen LogP contribution in [-0.2, 0) is 17.8 Å². The van der Waals surface area contributed by atoms with Crippen LogP contribution in [0.3, 0.4) is 0 Å². The Bertz CT molecular complexity index is 879. The van der Waals surface area contributed by atoms with Crippen LogP contribution in [0.4, 0.5) is 10.6 Å². The average Bonchev–Trinajstić information content (AvgIpc) is 3.31. The SMILES string of the molecule is O=C(Nc1ccnn1Cc1cccnc1)N1CCCO[C@@H](Cn2cccn2)C1. The van der Waals surface area contributed by atoms with Gasteiger partial charge in [0.15, 0.2) is 0 Å². The number of carbonyl (C=O) groups is 1. The van der Waals surface area contributed by atoms with Crippen LogP contribution in [0, 0.1) is 0 Å². The van der Waals surface area contributed by atoms with Crippen molar-refractivity contribution in [3.05, 3.63) is 60.8 Å². The van der Waals surface area contributed by atoms with E-state index >= 15 is 0 Å². The maximum atomic E-state index is 12.9. The van der Waals surface area contributed by atoms with Crippen molar-refractivity contribution in [2.75, 3.05) is 25.0 Å². The number of pyridine rings is 1. The topological polar surface area (TPSA) is 90.1 Å². The maximum absolute atomic E-state index is 12.9. The number of amides is 2. The molecule has 3 aromatic rings. The molecule has 1 N–H and O–H groups in total. The monoisotopic (exact) mass is 381 g/mol. The van der Waals surface area contributed by atoms with E-state index in [1.165, 1.54) is 0 Å². The summed E-state index contributed by atoms with van der Waals surface area (Å²) in [6.07, 6.45) is 9.56. The van der Waals surface area contributed by atoms with Gasteiger partial charge in [-0.25, -0.2) is 9.48 Å². The summed E-state index contributed by atoms with van der Waals surface area (Å²) in [4.78, 5) is 18.8. The first-order valence-electron chi connectivity index (χ1n) is 9.33. The van der Waals surface area contributed by atoms with E-state index in [2.05, 4.69) is 20.5 Å². The normalized spacial score (nSPS) is 17.3. The molecule has 28 heavy (non-hydrogen) atoms. The van der Waals surface area contributed by atoms with Gasteiger partial charge in [0.25, 0.3) is 0 Å². The van der Waals surface area contributed by atoms with Crippen LogP contribution in [0.25, 0.3) is 0 Å². The van der Waals surface area contributed by atoms with E-state index in [1.54, 1.807) is 40.4 Å². The molecule has 0 aliphatic carbocycles. The second kappa shape index (κ2) is 8.66. The van der Waals surface area contributed by atoms with Gasteiger partial charge in [0.05, 0.1) is 31.9 Å². The van der Waals surface area contributed by atoms with Gasteiger partial charge in [-0.3, -0.25) is 15.0 Å². The fraction of sp³-hybridized carbons (Fsp3) is 0.368. The van der Waals surface area contributed by atoms with Crippen LogP contribution in [0.1, 0.15) is 12.0 Å². The molecule has 4 rings (SSSR count). The number of rotatable bonds is 5. The number of hydrogen-bond acceptors (Lipinski definition) is 5. The van der Waals surface area contributed by atoms with Crippen molar-refractivity contribution in [3.63, 3.8) is 0 Å². The summed E-state index contributed by atoms with van der Waals surface area (Å²) < 4.78 is 9.47. The van der Waals surface area contributed by atoms with Crippen molar-refractivity contribution in [2.24, 2.45) is 0 Å². The molecule has 0 radical (unpaired) electrons. The molecule has 9 heteroatoms. The van der Waals surface area contributed by atoms with Crippen LogP contribution in [0.5, 0.6) is 0 Å². The van der Waals surface area contributed by atoms with Gasteiger partial charge in [0.1, 0.15) is 5.82 Å². The summed E-state index contributed by atoms with van der Waals surface area (Å²) in [5, 5.41) is 11.5. The summed E-state index contributed by atoms with van der Waals surface area (Å²) in [7, 11) is 0. The molecular weight excluding hydrogens is 358 g/mol. The fourth-order valence-corrected chi connectivity index (χ4v) is 3.23. The maximum Gasteiger partial charge on any atom is 0.323 e. The lowest BCUT2D eigenvalue weighted by molar-refractivity contribution is 0.0442. The van der Waals surface area contributed by atoms with E-state index < -0.39 is 0 Å². The zero-order valence-electron chi connectivity index (χ0n) is 15.5. The molecule has 0 spiro atoms. The third kappa shape index (κ3) is 4.55. The molecule has 0 aromatic carbocycles. The number of hydrogen-bond donors (Lipinski definition) is 1. The van der Waals surface area contributed by atoms with Gasteiger partial charge in [-0.15, -0.1) is 0 Å². The molecule has 0 unspecified atom stereocenters. The number of nitrogens with one attached hydrogen (secondary N) is 1. The third-order valence-electron chi connectivity index (χ3n) is 4.59. The Morgan fingerprint density at radius 3 is 3.00 bits per heavy atom. The van der Waals surface area contributed by atoms with Crippen molar-refractivity contribution in [1.82, 2.24) is 29.4 Å². The summed E-state index contributed by atoms with van der Waals surface area (Å²) in [5.41, 5.74) is 1.02. The van der Waals surface area contributed by atoms with Gasteiger partial charge in [-0.1, -0.05) is 6.07 Å². The zero-order chi connectivity index (χ0) is 19.2. The largest absolute Gasteiger partial charge is 0.374 e. The van der Waals surface area contributed by atoms with E-state index in [4.69, 9.17) is 4.74 Å². The highest BCUT2D eigenvalue weighted by molar-refractivity contribution is 5.88. The van der Waals surface area contributed by atoms with E-state index in [0.717, 1.165) is 12.0 Å². The van der Waals surface area contributed by atoms with Gasteiger partial charge >= 0.3 is 6.03 Å². The lowest BCUT2D eigenvalue weighted by Crippen LogP contribution is -2.41. The number of aromatic nitrogens is 5. The van der Waals surface area contributed by atoms with E-state index in [1.807, 2.05) is 29.1 Å². The number of carbonyl (C=O) groups excluding carboxylic acids is 1. The highest BCUT2D eigenvalue weighted by Gasteiger charge is 2.23. The Morgan fingerprint density at radius 2 is 2.18 bits per heavy atom. The standard InChI is InChI=1S/C19H23N7O2/c27-19(23-18-5-8-22-26(18)13-16-4-1-6-20-12-16)24-9-3-11-28-17(14-24)15-25-10-2-7-21-25/h1-2,4-8,10,12,17H,3,9,11,13-15H2,(H,23,27)/t17-/m1/s1. The molecule has 4 heterocycles. The van der Waals surface area contributed by atoms with Gasteiger partial charge < -0.3 is 9.64 Å². The van der Waals surface area contributed by atoms with Crippen LogP contribution in [0.2, 0.25) is 0 Å². The second-order valence-electron chi connectivity index (χ2n) is 6.69. The highest BCUT2D eigenvalue weighted by atomic mass is 16.5. The summed E-state index contributed by atoms with van der Waals surface area (Å²) in [5.74, 6) is 0.655. The van der Waals surface area contributed by atoms with Gasteiger partial charge in [-0.05, 0) is 24.1 Å². The highest BCUT2D eigenvalue weighted by Crippen LogP contribution is 2.13. The average molecular weight is 381 g/mol. The van der Waals surface area contributed by atoms with Crippen molar-refractivity contribution in [1.29, 1.82) is 0 Å². The van der Waals surface area contributed by atoms with Gasteiger partial charge in [-0.2, -0.15) is 10.2 Å². The lowest BCUT2D eigenvalue weighted by Gasteiger charge is -2.24. The van der Waals surface area contributed by atoms with E-state index in [0.29, 0.717) is 38.6 Å². The molecule has 1 fully saturated rings. The zero-order valence-corrected chi connectivity index (χ0v) is 15.5. The lowest BCUT2D eigenvalue weighted by atomic mass is 10.3. The molecular formula is C19H23N7O2. The molecule has 0 saturated carbocycles. The Balaban J connectivity index is 1.39. The van der Waals surface area contributed by atoms with Crippen LogP contribution in [0.15, 0.2) is 55.2 Å². The predicted molar refractivity (Wildman–Crippen MR) is 103 cm³/mol. The quantitative estimate of drug-likeness (QED) is 0.728. The van der Waals surface area contributed by atoms with Gasteiger partial charge in [0, 0.05) is 44.0 Å². The number of ether oxygens (including phenoxy) is 1. The molecule has 0 bridgehead atoms. The summed E-state index contributed by atoms with van der Waals surface area (Å²) in [6.45, 7) is 2.96. The number of nitrogens with zero attached hydrogens (tertiary/aromatic N) is 6. The molecule has 2 amide bonds. The Labute approximate surface area is 162 Å². The minimum atomic E-state index is -0.149. The van der Waals surface area contributed by atoms with Crippen LogP contribution < -0.4 is 5.32 Å². The van der Waals surface area contributed by atoms with Crippen molar-refractivity contribution in [3.8, 4) is 0 Å². The van der Waals surface area contributed by atoms with E-state index in [-0.39, 0.29) is 12.1 Å². The van der Waals surface area contributed by atoms with Crippen LogP contribution >= 0.6 is 0 Å². The van der Waals surface area contributed by atoms with Crippen molar-refractivity contribution >= 4 is 11.8 Å². The van der Waals surface area contributed by atoms with Gasteiger partial charge in [0.2, 0.25) is 0 Å². The van der Waals surface area contributed by atoms with Crippen LogP contribution in [-0.4, -0.2) is 61.3 Å². The summed E-state index contributed by atoms with van der Waals surface area (Å²) in [6, 6.07) is 7.39. The predicted octanol–water partition coefficient (Wildman–Crippen LogP) is 1.85. The second-order valence-corrected chi connectivity index (χ2v) is 6.69. The molecule has 1 saturated heterocycles. The minimum absolute atomic E-state index is 0.0894. The first-order valence-corrected chi connectivity index (χ1v) is 9.33. The molecule has 9 nitrogen and oxygen atoms in total. The molecule has 146 valence electrons. The Hall–Kier alpha value is -3.20. The Morgan fingerprint density at radius 1 is 1.21 bits per heavy atom. The molecule has 1 atom stereocenters. The number of urea groups is 1. The minimum Gasteiger partial charge on any atom is -0.374 e. The summed E-state index contributed by atoms with van der Waals surface area (Å²) >= 11 is 0. The molecule has 1 aliphatic rings. The first-order chi connectivity index (χ1) is 13.8. The number of anilines is 1. The van der Waals surface area contributed by atoms with Crippen molar-refractivity contribution < 1.29 is 9.53 Å². The Kier molecular flexibility index (Phi) is 5.62. The molecule has 3 aromatic heterocycles. The van der Waals surface area contributed by atoms with Crippen molar-refractivity contribution in [2.45, 2.75) is 25.6 Å². The smallest absolute Gasteiger partial charge is 0.323 e. The third-order valence-corrected chi connectivity index (χ3v) is 4.59. The first kappa shape index (κ1) is 18.2.